The zero-order chi connectivity index (χ0) is 28.4. The minimum Gasteiger partial charge on any atom is -0.483 e. The van der Waals surface area contributed by atoms with Crippen LogP contribution in [0.25, 0.3) is 5.65 Å². The average Bonchev–Trinajstić information content (AvgIpc) is 3.34. The number of anilines is 1. The molecule has 1 unspecified atom stereocenters. The molecule has 10 nitrogen and oxygen atoms in total. The maximum Gasteiger partial charge on any atom is 0.258 e. The highest BCUT2D eigenvalue weighted by Crippen LogP contribution is 2.35. The molecule has 40 heavy (non-hydrogen) atoms. The Bertz CT molecular complexity index is 1410. The van der Waals surface area contributed by atoms with Crippen LogP contribution in [0.15, 0.2) is 24.3 Å². The predicted octanol–water partition coefficient (Wildman–Crippen LogP) is 3.50. The monoisotopic (exact) mass is 567 g/mol. The summed E-state index contributed by atoms with van der Waals surface area (Å²) in [6, 6.07) is 6.76. The summed E-state index contributed by atoms with van der Waals surface area (Å²) in [7, 11) is 6.16. The van der Waals surface area contributed by atoms with E-state index in [1.807, 2.05) is 22.5 Å². The first-order valence-corrected chi connectivity index (χ1v) is 14.4. The molecule has 1 fully saturated rings. The largest absolute Gasteiger partial charge is 0.483 e. The number of hydrogen-bond donors (Lipinski definition) is 1. The molecule has 1 atom stereocenters. The number of carbonyl (C=O) groups is 2. The van der Waals surface area contributed by atoms with Crippen molar-refractivity contribution in [3.05, 3.63) is 51.8 Å². The number of likely N-dealkylation sites (N-methyl/N-ethyl adjacent to an activating group) is 1. The molecule has 3 aromatic rings. The number of piperidine rings is 1. The standard InChI is InChI=1S/C29H38ClN7O3/c1-19-22(8-7-13-34(2)3)32-26-17-23-24-9-5-6-14-36(24)29(39)21-16-20(30)10-11-25(21)40-18-27(38)31-12-15-35(4)28(19)37(26)33-23/h10-11,16-17,24H,5-9,12-15,18H2,1-4H3,(H,31,38). The van der Waals surface area contributed by atoms with Gasteiger partial charge >= 0.3 is 0 Å². The van der Waals surface area contributed by atoms with Gasteiger partial charge in [0, 0.05) is 49.0 Å². The summed E-state index contributed by atoms with van der Waals surface area (Å²) in [5.74, 6) is 0.846. The number of nitrogens with one attached hydrogen (secondary N) is 1. The lowest BCUT2D eigenvalue weighted by atomic mass is 9.98. The summed E-state index contributed by atoms with van der Waals surface area (Å²) in [6.45, 7) is 4.48. The van der Waals surface area contributed by atoms with Gasteiger partial charge in [-0.1, -0.05) is 11.6 Å². The Kier molecular flexibility index (Phi) is 8.46. The van der Waals surface area contributed by atoms with Crippen LogP contribution in [0.1, 0.15) is 59.0 Å². The van der Waals surface area contributed by atoms with Gasteiger partial charge in [-0.2, -0.15) is 9.61 Å². The molecular weight excluding hydrogens is 530 g/mol. The molecule has 0 saturated carbocycles. The highest BCUT2D eigenvalue weighted by molar-refractivity contribution is 6.31. The third-order valence-electron chi connectivity index (χ3n) is 7.71. The van der Waals surface area contributed by atoms with Gasteiger partial charge in [-0.15, -0.1) is 0 Å². The zero-order valence-electron chi connectivity index (χ0n) is 23.7. The summed E-state index contributed by atoms with van der Waals surface area (Å²) in [5.41, 5.74) is 4.04. The number of hydrogen-bond acceptors (Lipinski definition) is 7. The number of ether oxygens (including phenoxy) is 1. The molecule has 11 heteroatoms. The van der Waals surface area contributed by atoms with E-state index in [2.05, 4.69) is 36.1 Å². The molecule has 0 radical (unpaired) electrons. The van der Waals surface area contributed by atoms with Gasteiger partial charge in [-0.3, -0.25) is 9.59 Å². The summed E-state index contributed by atoms with van der Waals surface area (Å²) in [6.07, 6.45) is 4.53. The molecule has 2 aliphatic heterocycles. The Hall–Kier alpha value is -3.37. The first-order valence-electron chi connectivity index (χ1n) is 14.0. The number of nitrogens with zero attached hydrogens (tertiary/aromatic N) is 6. The molecule has 0 aliphatic carbocycles. The van der Waals surface area contributed by atoms with Crippen molar-refractivity contribution < 1.29 is 14.3 Å². The van der Waals surface area contributed by atoms with E-state index in [9.17, 15) is 9.59 Å². The van der Waals surface area contributed by atoms with E-state index in [4.69, 9.17) is 26.4 Å². The minimum absolute atomic E-state index is 0.183. The van der Waals surface area contributed by atoms with Crippen molar-refractivity contribution in [3.63, 3.8) is 0 Å². The summed E-state index contributed by atoms with van der Waals surface area (Å²) in [4.78, 5) is 37.8. The highest BCUT2D eigenvalue weighted by Gasteiger charge is 2.33. The van der Waals surface area contributed by atoms with Gasteiger partial charge in [0.05, 0.1) is 17.3 Å². The molecule has 4 heterocycles. The number of carbonyl (C=O) groups excluding carboxylic acids is 2. The lowest BCUT2D eigenvalue weighted by Gasteiger charge is -2.35. The summed E-state index contributed by atoms with van der Waals surface area (Å²) >= 11 is 6.30. The predicted molar refractivity (Wildman–Crippen MR) is 155 cm³/mol. The SMILES string of the molecule is Cc1c(CCCN(C)C)nc2cc3nn2c1N(C)CCNC(=O)COc1ccc(Cl)cc1C(=O)N1CCCCC31. The topological polar surface area (TPSA) is 95.3 Å². The molecule has 2 aromatic heterocycles. The van der Waals surface area contributed by atoms with Crippen LogP contribution < -0.4 is 15.0 Å². The highest BCUT2D eigenvalue weighted by atomic mass is 35.5. The Morgan fingerprint density at radius 3 is 2.80 bits per heavy atom. The van der Waals surface area contributed by atoms with Gasteiger partial charge in [-0.25, -0.2) is 4.98 Å². The third kappa shape index (κ3) is 5.88. The zero-order valence-corrected chi connectivity index (χ0v) is 24.5. The number of benzene rings is 1. The van der Waals surface area contributed by atoms with Crippen LogP contribution in [0.2, 0.25) is 5.02 Å². The Morgan fingerprint density at radius 2 is 2.00 bits per heavy atom. The molecule has 5 rings (SSSR count). The molecule has 2 bridgehead atoms. The van der Waals surface area contributed by atoms with Crippen molar-refractivity contribution in [3.8, 4) is 5.75 Å². The quantitative estimate of drug-likeness (QED) is 0.515. The molecule has 1 N–H and O–H groups in total. The van der Waals surface area contributed by atoms with Crippen molar-refractivity contribution >= 4 is 34.9 Å². The Labute approximate surface area is 240 Å². The van der Waals surface area contributed by atoms with Crippen molar-refractivity contribution in [2.24, 2.45) is 0 Å². The van der Waals surface area contributed by atoms with Gasteiger partial charge < -0.3 is 24.8 Å². The van der Waals surface area contributed by atoms with Crippen LogP contribution in [0.3, 0.4) is 0 Å². The number of fused-ring (bicyclic) bond motifs is 4. The van der Waals surface area contributed by atoms with Gasteiger partial charge in [0.2, 0.25) is 0 Å². The summed E-state index contributed by atoms with van der Waals surface area (Å²) in [5, 5.41) is 8.42. The Morgan fingerprint density at radius 1 is 1.18 bits per heavy atom. The number of aryl methyl sites for hydroxylation is 1. The normalized spacial score (nSPS) is 18.6. The van der Waals surface area contributed by atoms with E-state index in [1.54, 1.807) is 18.2 Å². The molecule has 0 spiro atoms. The molecule has 1 saturated heterocycles. The second-order valence-corrected chi connectivity index (χ2v) is 11.4. The van der Waals surface area contributed by atoms with Crippen LogP contribution in [-0.4, -0.2) is 90.1 Å². The van der Waals surface area contributed by atoms with Gasteiger partial charge in [0.15, 0.2) is 12.3 Å². The maximum absolute atomic E-state index is 14.0. The van der Waals surface area contributed by atoms with Crippen molar-refractivity contribution in [1.29, 1.82) is 0 Å². The van der Waals surface area contributed by atoms with Crippen molar-refractivity contribution in [2.45, 2.75) is 45.1 Å². The first kappa shape index (κ1) is 28.2. The van der Waals surface area contributed by atoms with Crippen LogP contribution in [-0.2, 0) is 11.2 Å². The average molecular weight is 568 g/mol. The van der Waals surface area contributed by atoms with Crippen molar-refractivity contribution in [2.75, 3.05) is 58.8 Å². The second kappa shape index (κ2) is 12.0. The third-order valence-corrected chi connectivity index (χ3v) is 7.95. The number of rotatable bonds is 4. The Balaban J connectivity index is 1.62. The van der Waals surface area contributed by atoms with E-state index in [0.717, 1.165) is 67.1 Å². The lowest BCUT2D eigenvalue weighted by Crippen LogP contribution is -2.39. The molecule has 214 valence electrons. The van der Waals surface area contributed by atoms with E-state index in [-0.39, 0.29) is 24.5 Å². The van der Waals surface area contributed by atoms with Crippen LogP contribution in [0.4, 0.5) is 5.82 Å². The number of amides is 2. The molecule has 2 aliphatic rings. The summed E-state index contributed by atoms with van der Waals surface area (Å²) < 4.78 is 7.74. The molecular formula is C29H38ClN7O3. The van der Waals surface area contributed by atoms with E-state index < -0.39 is 0 Å². The van der Waals surface area contributed by atoms with E-state index in [1.165, 1.54) is 0 Å². The first-order chi connectivity index (χ1) is 19.2. The number of aromatic nitrogens is 3. The fourth-order valence-corrected chi connectivity index (χ4v) is 5.82. The van der Waals surface area contributed by atoms with Crippen LogP contribution in [0, 0.1) is 6.92 Å². The van der Waals surface area contributed by atoms with Gasteiger partial charge in [0.25, 0.3) is 11.8 Å². The lowest BCUT2D eigenvalue weighted by molar-refractivity contribution is -0.123. The smallest absolute Gasteiger partial charge is 0.258 e. The fraction of sp³-hybridized carbons (Fsp3) is 0.517. The van der Waals surface area contributed by atoms with Crippen molar-refractivity contribution in [1.82, 2.24) is 29.7 Å². The molecule has 2 amide bonds. The fourth-order valence-electron chi connectivity index (χ4n) is 5.65. The maximum atomic E-state index is 14.0. The van der Waals surface area contributed by atoms with Crippen LogP contribution >= 0.6 is 11.6 Å². The van der Waals surface area contributed by atoms with Gasteiger partial charge in [0.1, 0.15) is 11.6 Å². The number of halogens is 1. The van der Waals surface area contributed by atoms with Crippen LogP contribution in [0.5, 0.6) is 5.75 Å². The van der Waals surface area contributed by atoms with E-state index >= 15 is 0 Å². The molecule has 1 aromatic carbocycles. The van der Waals surface area contributed by atoms with E-state index in [0.29, 0.717) is 36.0 Å². The minimum atomic E-state index is -0.257. The second-order valence-electron chi connectivity index (χ2n) is 11.0. The van der Waals surface area contributed by atoms with Gasteiger partial charge in [-0.05, 0) is 77.9 Å².